The average Bonchev–Trinajstić information content (AvgIpc) is 2.66. The van der Waals surface area contributed by atoms with Crippen LogP contribution in [-0.2, 0) is 22.6 Å². The van der Waals surface area contributed by atoms with E-state index in [1.165, 1.54) is 11.0 Å². The average molecular weight is 356 g/mol. The van der Waals surface area contributed by atoms with E-state index < -0.39 is 11.9 Å². The van der Waals surface area contributed by atoms with Gasteiger partial charge in [0.15, 0.2) is 0 Å². The van der Waals surface area contributed by atoms with Crippen LogP contribution in [0.15, 0.2) is 54.6 Å². The van der Waals surface area contributed by atoms with E-state index >= 15 is 0 Å². The summed E-state index contributed by atoms with van der Waals surface area (Å²) in [5.41, 5.74) is 1.25. The predicted octanol–water partition coefficient (Wildman–Crippen LogP) is 3.31. The first kappa shape index (κ1) is 19.6. The van der Waals surface area contributed by atoms with Crippen LogP contribution in [-0.4, -0.2) is 29.3 Å². The van der Waals surface area contributed by atoms with Crippen molar-refractivity contribution in [2.45, 2.75) is 39.3 Å². The Morgan fingerprint density at radius 3 is 2.38 bits per heavy atom. The van der Waals surface area contributed by atoms with E-state index in [0.717, 1.165) is 12.0 Å². The van der Waals surface area contributed by atoms with Crippen molar-refractivity contribution in [1.29, 1.82) is 0 Å². The molecule has 26 heavy (non-hydrogen) atoms. The standard InChI is InChI=1S/C21H25FN2O2/c1-3-13-23-21(26)16(2)24(15-17-9-5-4-6-10-17)20(25)14-18-11-7-8-12-19(18)22/h4-12,16H,3,13-15H2,1-2H3,(H,23,26)/t16-/m1/s1. The van der Waals surface area contributed by atoms with Gasteiger partial charge in [0, 0.05) is 13.1 Å². The number of rotatable bonds is 8. The van der Waals surface area contributed by atoms with E-state index in [0.29, 0.717) is 18.7 Å². The molecule has 0 aliphatic rings. The molecular formula is C21H25FN2O2. The summed E-state index contributed by atoms with van der Waals surface area (Å²) in [4.78, 5) is 26.8. The number of halogens is 1. The second-order valence-electron chi connectivity index (χ2n) is 6.24. The SMILES string of the molecule is CCCNC(=O)[C@@H](C)N(Cc1ccccc1)C(=O)Cc1ccccc1F. The zero-order valence-corrected chi connectivity index (χ0v) is 15.2. The molecule has 0 aliphatic heterocycles. The quantitative estimate of drug-likeness (QED) is 0.789. The number of amides is 2. The van der Waals surface area contributed by atoms with Crippen LogP contribution in [0.5, 0.6) is 0 Å². The second-order valence-corrected chi connectivity index (χ2v) is 6.24. The number of carbonyl (C=O) groups excluding carboxylic acids is 2. The number of nitrogens with zero attached hydrogens (tertiary/aromatic N) is 1. The van der Waals surface area contributed by atoms with Gasteiger partial charge in [-0.25, -0.2) is 4.39 Å². The fourth-order valence-electron chi connectivity index (χ4n) is 2.66. The monoisotopic (exact) mass is 356 g/mol. The molecule has 0 spiro atoms. The van der Waals surface area contributed by atoms with Gasteiger partial charge in [-0.3, -0.25) is 9.59 Å². The van der Waals surface area contributed by atoms with Crippen molar-refractivity contribution in [3.63, 3.8) is 0 Å². The molecule has 2 rings (SSSR count). The summed E-state index contributed by atoms with van der Waals surface area (Å²) in [7, 11) is 0. The van der Waals surface area contributed by atoms with Crippen molar-refractivity contribution < 1.29 is 14.0 Å². The normalized spacial score (nSPS) is 11.7. The third-order valence-electron chi connectivity index (χ3n) is 4.21. The van der Waals surface area contributed by atoms with E-state index in [-0.39, 0.29) is 18.2 Å². The lowest BCUT2D eigenvalue weighted by molar-refractivity contribution is -0.140. The number of nitrogens with one attached hydrogen (secondary N) is 1. The molecule has 0 saturated heterocycles. The number of carbonyl (C=O) groups is 2. The van der Waals surface area contributed by atoms with Gasteiger partial charge in [0.1, 0.15) is 11.9 Å². The van der Waals surface area contributed by atoms with Crippen LogP contribution in [0.25, 0.3) is 0 Å². The molecule has 1 atom stereocenters. The lowest BCUT2D eigenvalue weighted by Crippen LogP contribution is -2.48. The zero-order chi connectivity index (χ0) is 18.9. The molecule has 0 bridgehead atoms. The molecule has 0 heterocycles. The Bertz CT molecular complexity index is 734. The number of benzene rings is 2. The predicted molar refractivity (Wildman–Crippen MR) is 99.9 cm³/mol. The van der Waals surface area contributed by atoms with Crippen LogP contribution in [0.2, 0.25) is 0 Å². The minimum absolute atomic E-state index is 0.0785. The summed E-state index contributed by atoms with van der Waals surface area (Å²) < 4.78 is 13.9. The highest BCUT2D eigenvalue weighted by molar-refractivity contribution is 5.88. The van der Waals surface area contributed by atoms with Crippen molar-refractivity contribution in [3.05, 3.63) is 71.5 Å². The molecule has 138 valence electrons. The topological polar surface area (TPSA) is 49.4 Å². The van der Waals surface area contributed by atoms with Crippen molar-refractivity contribution in [1.82, 2.24) is 10.2 Å². The highest BCUT2D eigenvalue weighted by Crippen LogP contribution is 2.14. The van der Waals surface area contributed by atoms with E-state index in [1.54, 1.807) is 25.1 Å². The van der Waals surface area contributed by atoms with Crippen LogP contribution in [0, 0.1) is 5.82 Å². The van der Waals surface area contributed by atoms with Crippen molar-refractivity contribution in [2.75, 3.05) is 6.54 Å². The van der Waals surface area contributed by atoms with E-state index in [9.17, 15) is 14.0 Å². The van der Waals surface area contributed by atoms with Crippen molar-refractivity contribution >= 4 is 11.8 Å². The van der Waals surface area contributed by atoms with Gasteiger partial charge in [-0.1, -0.05) is 55.5 Å². The van der Waals surface area contributed by atoms with Gasteiger partial charge in [-0.2, -0.15) is 0 Å². The van der Waals surface area contributed by atoms with Gasteiger partial charge in [0.05, 0.1) is 6.42 Å². The summed E-state index contributed by atoms with van der Waals surface area (Å²) in [5.74, 6) is -0.897. The molecule has 1 N–H and O–H groups in total. The molecule has 0 aromatic heterocycles. The van der Waals surface area contributed by atoms with E-state index in [4.69, 9.17) is 0 Å². The molecule has 0 saturated carbocycles. The van der Waals surface area contributed by atoms with E-state index in [2.05, 4.69) is 5.32 Å². The maximum atomic E-state index is 13.9. The third-order valence-corrected chi connectivity index (χ3v) is 4.21. The van der Waals surface area contributed by atoms with Crippen LogP contribution < -0.4 is 5.32 Å². The molecule has 0 aliphatic carbocycles. The van der Waals surface area contributed by atoms with Gasteiger partial charge in [-0.15, -0.1) is 0 Å². The van der Waals surface area contributed by atoms with Crippen LogP contribution in [0.4, 0.5) is 4.39 Å². The number of hydrogen-bond acceptors (Lipinski definition) is 2. The van der Waals surface area contributed by atoms with Crippen LogP contribution >= 0.6 is 0 Å². The summed E-state index contributed by atoms with van der Waals surface area (Å²) in [6, 6.07) is 15.1. The minimum Gasteiger partial charge on any atom is -0.354 e. The Kier molecular flexibility index (Phi) is 7.33. The Balaban J connectivity index is 2.19. The van der Waals surface area contributed by atoms with Crippen LogP contribution in [0.1, 0.15) is 31.4 Å². The fourth-order valence-corrected chi connectivity index (χ4v) is 2.66. The molecule has 2 aromatic carbocycles. The first-order valence-electron chi connectivity index (χ1n) is 8.87. The molecular weight excluding hydrogens is 331 g/mol. The highest BCUT2D eigenvalue weighted by atomic mass is 19.1. The van der Waals surface area contributed by atoms with E-state index in [1.807, 2.05) is 37.3 Å². The molecule has 2 aromatic rings. The Morgan fingerprint density at radius 1 is 1.08 bits per heavy atom. The highest BCUT2D eigenvalue weighted by Gasteiger charge is 2.26. The Hall–Kier alpha value is -2.69. The van der Waals surface area contributed by atoms with Gasteiger partial charge in [0.2, 0.25) is 11.8 Å². The maximum absolute atomic E-state index is 13.9. The molecule has 2 amide bonds. The molecule has 5 heteroatoms. The first-order valence-corrected chi connectivity index (χ1v) is 8.87. The largest absolute Gasteiger partial charge is 0.354 e. The van der Waals surface area contributed by atoms with Crippen molar-refractivity contribution in [2.24, 2.45) is 0 Å². The second kappa shape index (κ2) is 9.70. The smallest absolute Gasteiger partial charge is 0.242 e. The fraction of sp³-hybridized carbons (Fsp3) is 0.333. The van der Waals surface area contributed by atoms with Crippen LogP contribution in [0.3, 0.4) is 0 Å². The zero-order valence-electron chi connectivity index (χ0n) is 15.2. The molecule has 0 fully saturated rings. The summed E-state index contributed by atoms with van der Waals surface area (Å²) in [6.45, 7) is 4.53. The van der Waals surface area contributed by atoms with Crippen molar-refractivity contribution in [3.8, 4) is 0 Å². The first-order chi connectivity index (χ1) is 12.5. The number of hydrogen-bond donors (Lipinski definition) is 1. The summed E-state index contributed by atoms with van der Waals surface area (Å²) in [6.07, 6.45) is 0.741. The lowest BCUT2D eigenvalue weighted by Gasteiger charge is -2.29. The van der Waals surface area contributed by atoms with Gasteiger partial charge in [-0.05, 0) is 30.5 Å². The summed E-state index contributed by atoms with van der Waals surface area (Å²) >= 11 is 0. The Morgan fingerprint density at radius 2 is 1.73 bits per heavy atom. The van der Waals surface area contributed by atoms with Gasteiger partial charge < -0.3 is 10.2 Å². The third kappa shape index (κ3) is 5.41. The lowest BCUT2D eigenvalue weighted by atomic mass is 10.1. The van der Waals surface area contributed by atoms with Gasteiger partial charge >= 0.3 is 0 Å². The molecule has 0 unspecified atom stereocenters. The Labute approximate surface area is 154 Å². The minimum atomic E-state index is -0.638. The summed E-state index contributed by atoms with van der Waals surface area (Å²) in [5, 5.41) is 2.82. The molecule has 0 radical (unpaired) electrons. The van der Waals surface area contributed by atoms with Gasteiger partial charge in [0.25, 0.3) is 0 Å². The maximum Gasteiger partial charge on any atom is 0.242 e. The molecule has 4 nitrogen and oxygen atoms in total.